The topological polar surface area (TPSA) is 24.5 Å². The lowest BCUT2D eigenvalue weighted by atomic mass is 9.92. The minimum absolute atomic E-state index is 0.652. The molecule has 118 valence electrons. The van der Waals surface area contributed by atoms with Crippen LogP contribution in [0.25, 0.3) is 0 Å². The third-order valence-corrected chi connectivity index (χ3v) is 4.59. The van der Waals surface area contributed by atoms with Gasteiger partial charge in [-0.15, -0.1) is 0 Å². The number of ether oxygens (including phenoxy) is 1. The normalized spacial score (nSPS) is 22.6. The van der Waals surface area contributed by atoms with Crippen molar-refractivity contribution < 1.29 is 4.74 Å². The van der Waals surface area contributed by atoms with Crippen LogP contribution in [0.3, 0.4) is 0 Å². The summed E-state index contributed by atoms with van der Waals surface area (Å²) in [4.78, 5) is 2.56. The van der Waals surface area contributed by atoms with Gasteiger partial charge in [-0.2, -0.15) is 0 Å². The van der Waals surface area contributed by atoms with Crippen LogP contribution in [-0.2, 0) is 11.3 Å². The number of anilines is 1. The van der Waals surface area contributed by atoms with E-state index in [0.29, 0.717) is 6.04 Å². The molecule has 1 aromatic carbocycles. The summed E-state index contributed by atoms with van der Waals surface area (Å²) in [6.07, 6.45) is 2.61. The summed E-state index contributed by atoms with van der Waals surface area (Å²) in [6, 6.07) is 7.56. The van der Waals surface area contributed by atoms with E-state index in [-0.39, 0.29) is 0 Å². The predicted molar refractivity (Wildman–Crippen MR) is 90.0 cm³/mol. The lowest BCUT2D eigenvalue weighted by molar-refractivity contribution is 0.199. The van der Waals surface area contributed by atoms with E-state index >= 15 is 0 Å². The molecule has 0 aliphatic carbocycles. The molecule has 0 aromatic heterocycles. The predicted octanol–water partition coefficient (Wildman–Crippen LogP) is 3.36. The SMILES string of the molecule is COCCNCc1ccc(N2CCC(C)CC2C)cc1C. The van der Waals surface area contributed by atoms with Crippen molar-refractivity contribution >= 4 is 5.69 Å². The van der Waals surface area contributed by atoms with Crippen molar-refractivity contribution in [2.24, 2.45) is 5.92 Å². The molecule has 0 radical (unpaired) electrons. The highest BCUT2D eigenvalue weighted by atomic mass is 16.5. The van der Waals surface area contributed by atoms with E-state index in [9.17, 15) is 0 Å². The molecule has 2 atom stereocenters. The second-order valence-corrected chi connectivity index (χ2v) is 6.45. The van der Waals surface area contributed by atoms with E-state index in [1.54, 1.807) is 7.11 Å². The average molecular weight is 290 g/mol. The number of hydrogen-bond acceptors (Lipinski definition) is 3. The van der Waals surface area contributed by atoms with Gasteiger partial charge < -0.3 is 15.0 Å². The van der Waals surface area contributed by atoms with Gasteiger partial charge in [0.1, 0.15) is 0 Å². The first kappa shape index (κ1) is 16.3. The van der Waals surface area contributed by atoms with Gasteiger partial charge in [0, 0.05) is 38.5 Å². The van der Waals surface area contributed by atoms with Crippen LogP contribution in [0.4, 0.5) is 5.69 Å². The molecule has 3 heteroatoms. The van der Waals surface area contributed by atoms with Crippen LogP contribution < -0.4 is 10.2 Å². The highest BCUT2D eigenvalue weighted by Gasteiger charge is 2.23. The molecule has 0 bridgehead atoms. The maximum absolute atomic E-state index is 5.06. The van der Waals surface area contributed by atoms with Crippen molar-refractivity contribution in [3.63, 3.8) is 0 Å². The lowest BCUT2D eigenvalue weighted by Crippen LogP contribution is -2.40. The fraction of sp³-hybridized carbons (Fsp3) is 0.667. The van der Waals surface area contributed by atoms with Crippen LogP contribution in [-0.4, -0.2) is 32.8 Å². The zero-order valence-corrected chi connectivity index (χ0v) is 14.0. The standard InChI is InChI=1S/C18H30N2O/c1-14-7-9-20(16(3)11-14)18-6-5-17(15(2)12-18)13-19-8-10-21-4/h5-6,12,14,16,19H,7-11,13H2,1-4H3. The van der Waals surface area contributed by atoms with E-state index in [1.165, 1.54) is 36.2 Å². The third kappa shape index (κ3) is 4.45. The van der Waals surface area contributed by atoms with Gasteiger partial charge in [0.2, 0.25) is 0 Å². The van der Waals surface area contributed by atoms with Crippen LogP contribution in [0.5, 0.6) is 0 Å². The quantitative estimate of drug-likeness (QED) is 0.813. The highest BCUT2D eigenvalue weighted by molar-refractivity contribution is 5.52. The fourth-order valence-electron chi connectivity index (χ4n) is 3.25. The largest absolute Gasteiger partial charge is 0.383 e. The number of rotatable bonds is 6. The molecule has 0 amide bonds. The molecule has 1 aliphatic rings. The highest BCUT2D eigenvalue weighted by Crippen LogP contribution is 2.29. The molecule has 2 rings (SSSR count). The summed E-state index contributed by atoms with van der Waals surface area (Å²) in [5.41, 5.74) is 4.14. The second-order valence-electron chi connectivity index (χ2n) is 6.45. The Morgan fingerprint density at radius 2 is 2.14 bits per heavy atom. The molecule has 1 aliphatic heterocycles. The van der Waals surface area contributed by atoms with Crippen LogP contribution in [0.1, 0.15) is 37.8 Å². The molecule has 2 unspecified atom stereocenters. The first-order valence-electron chi connectivity index (χ1n) is 8.17. The molecular formula is C18H30N2O. The van der Waals surface area contributed by atoms with Gasteiger partial charge in [-0.1, -0.05) is 13.0 Å². The Kier molecular flexibility index (Phi) is 6.07. The van der Waals surface area contributed by atoms with E-state index in [0.717, 1.165) is 25.6 Å². The van der Waals surface area contributed by atoms with Crippen LogP contribution in [0.15, 0.2) is 18.2 Å². The van der Waals surface area contributed by atoms with Crippen molar-refractivity contribution in [3.05, 3.63) is 29.3 Å². The molecule has 1 aromatic rings. The molecule has 1 saturated heterocycles. The molecule has 0 saturated carbocycles. The molecule has 1 heterocycles. The molecule has 1 N–H and O–H groups in total. The summed E-state index contributed by atoms with van der Waals surface area (Å²) in [5, 5.41) is 3.42. The van der Waals surface area contributed by atoms with Gasteiger partial charge >= 0.3 is 0 Å². The average Bonchev–Trinajstić information content (AvgIpc) is 2.45. The zero-order chi connectivity index (χ0) is 15.2. The monoisotopic (exact) mass is 290 g/mol. The Balaban J connectivity index is 1.98. The Bertz CT molecular complexity index is 447. The minimum atomic E-state index is 0.652. The maximum atomic E-state index is 5.06. The summed E-state index contributed by atoms with van der Waals surface area (Å²) >= 11 is 0. The van der Waals surface area contributed by atoms with Gasteiger partial charge in [-0.05, 0) is 55.9 Å². The molecular weight excluding hydrogens is 260 g/mol. The van der Waals surface area contributed by atoms with Crippen molar-refractivity contribution in [2.45, 2.75) is 46.2 Å². The Labute approximate surface area is 129 Å². The summed E-state index contributed by atoms with van der Waals surface area (Å²) in [7, 11) is 1.74. The third-order valence-electron chi connectivity index (χ3n) is 4.59. The van der Waals surface area contributed by atoms with Crippen LogP contribution in [0, 0.1) is 12.8 Å². The number of nitrogens with zero attached hydrogens (tertiary/aromatic N) is 1. The van der Waals surface area contributed by atoms with Crippen LogP contribution in [0.2, 0.25) is 0 Å². The minimum Gasteiger partial charge on any atom is -0.383 e. The summed E-state index contributed by atoms with van der Waals surface area (Å²) < 4.78 is 5.06. The van der Waals surface area contributed by atoms with Gasteiger partial charge in [0.25, 0.3) is 0 Å². The Morgan fingerprint density at radius 3 is 2.81 bits per heavy atom. The number of hydrogen-bond donors (Lipinski definition) is 1. The molecule has 0 spiro atoms. The van der Waals surface area contributed by atoms with Gasteiger partial charge in [-0.3, -0.25) is 0 Å². The fourth-order valence-corrected chi connectivity index (χ4v) is 3.25. The van der Waals surface area contributed by atoms with Gasteiger partial charge in [0.05, 0.1) is 6.61 Å². The van der Waals surface area contributed by atoms with E-state index < -0.39 is 0 Å². The maximum Gasteiger partial charge on any atom is 0.0587 e. The number of aryl methyl sites for hydroxylation is 1. The van der Waals surface area contributed by atoms with Crippen LogP contribution >= 0.6 is 0 Å². The Morgan fingerprint density at radius 1 is 1.33 bits per heavy atom. The lowest BCUT2D eigenvalue weighted by Gasteiger charge is -2.38. The zero-order valence-electron chi connectivity index (χ0n) is 14.0. The smallest absolute Gasteiger partial charge is 0.0587 e. The van der Waals surface area contributed by atoms with Crippen molar-refractivity contribution in [2.75, 3.05) is 31.7 Å². The van der Waals surface area contributed by atoms with Crippen molar-refractivity contribution in [3.8, 4) is 0 Å². The first-order valence-corrected chi connectivity index (χ1v) is 8.17. The van der Waals surface area contributed by atoms with Crippen molar-refractivity contribution in [1.82, 2.24) is 5.32 Å². The number of benzene rings is 1. The molecule has 3 nitrogen and oxygen atoms in total. The van der Waals surface area contributed by atoms with Crippen molar-refractivity contribution in [1.29, 1.82) is 0 Å². The summed E-state index contributed by atoms with van der Waals surface area (Å²) in [6.45, 7) is 10.7. The first-order chi connectivity index (χ1) is 10.1. The van der Waals surface area contributed by atoms with Gasteiger partial charge in [0.15, 0.2) is 0 Å². The molecule has 1 fully saturated rings. The number of methoxy groups -OCH3 is 1. The number of nitrogens with one attached hydrogen (secondary N) is 1. The number of piperidine rings is 1. The summed E-state index contributed by atoms with van der Waals surface area (Å²) in [5.74, 6) is 0.863. The van der Waals surface area contributed by atoms with E-state index in [2.05, 4.69) is 49.2 Å². The Hall–Kier alpha value is -1.06. The van der Waals surface area contributed by atoms with E-state index in [4.69, 9.17) is 4.74 Å². The van der Waals surface area contributed by atoms with Gasteiger partial charge in [-0.25, -0.2) is 0 Å². The van der Waals surface area contributed by atoms with E-state index in [1.807, 2.05) is 0 Å². The second kappa shape index (κ2) is 7.81. The molecule has 21 heavy (non-hydrogen) atoms.